The van der Waals surface area contributed by atoms with E-state index in [2.05, 4.69) is 6.92 Å². The third kappa shape index (κ3) is 15.8. The second-order valence-electron chi connectivity index (χ2n) is 7.99. The molecule has 1 rings (SSSR count). The molecule has 0 saturated heterocycles. The fourth-order valence-corrected chi connectivity index (χ4v) is 3.39. The Labute approximate surface area is 178 Å². The molecule has 0 atom stereocenters. The van der Waals surface area contributed by atoms with Crippen LogP contribution >= 0.6 is 0 Å². The first-order chi connectivity index (χ1) is 14.2. The molecule has 0 aliphatic rings. The number of ketones is 1. The van der Waals surface area contributed by atoms with Crippen LogP contribution in [0, 0.1) is 0 Å². The average Bonchev–Trinajstić information content (AvgIpc) is 2.72. The van der Waals surface area contributed by atoms with Gasteiger partial charge >= 0.3 is 0 Å². The van der Waals surface area contributed by atoms with Crippen LogP contribution in [-0.4, -0.2) is 17.5 Å². The van der Waals surface area contributed by atoms with E-state index >= 15 is 0 Å². The van der Waals surface area contributed by atoms with Crippen molar-refractivity contribution in [2.75, 3.05) is 6.61 Å². The fraction of sp³-hybridized carbons (Fsp3) is 0.654. The van der Waals surface area contributed by atoms with Gasteiger partial charge in [0.1, 0.15) is 11.5 Å². The van der Waals surface area contributed by atoms with Gasteiger partial charge in [-0.1, -0.05) is 90.0 Å². The summed E-state index contributed by atoms with van der Waals surface area (Å²) in [6.45, 7) is 2.64. The lowest BCUT2D eigenvalue weighted by Gasteiger charge is -2.04. The van der Waals surface area contributed by atoms with E-state index < -0.39 is 0 Å². The van der Waals surface area contributed by atoms with Crippen LogP contribution in [0.4, 0.5) is 0 Å². The molecule has 29 heavy (non-hydrogen) atoms. The largest absolute Gasteiger partial charge is 0.508 e. The van der Waals surface area contributed by atoms with E-state index in [1.807, 2.05) is 6.08 Å². The second-order valence-corrected chi connectivity index (χ2v) is 7.99. The lowest BCUT2D eigenvalue weighted by molar-refractivity contribution is -0.115. The first kappa shape index (κ1) is 25.3. The van der Waals surface area contributed by atoms with E-state index in [9.17, 15) is 9.90 Å². The molecule has 0 aliphatic carbocycles. The summed E-state index contributed by atoms with van der Waals surface area (Å²) in [5.41, 5.74) is 0. The summed E-state index contributed by atoms with van der Waals surface area (Å²) in [5.74, 6) is 0.995. The number of benzene rings is 1. The van der Waals surface area contributed by atoms with E-state index in [1.165, 1.54) is 83.5 Å². The molecule has 0 fully saturated rings. The standard InChI is InChI=1S/C26H42O3/c1-2-3-4-5-6-7-8-9-10-11-12-13-14-15-16-17-24(27)22-23-29-26-20-18-25(28)19-21-26/h16-21,28H,2-15,22-23H2,1H3/b17-16+. The minimum absolute atomic E-state index is 0.110. The zero-order valence-corrected chi connectivity index (χ0v) is 18.5. The van der Waals surface area contributed by atoms with Crippen LogP contribution in [0.15, 0.2) is 36.4 Å². The van der Waals surface area contributed by atoms with Crippen LogP contribution in [0.5, 0.6) is 11.5 Å². The smallest absolute Gasteiger partial charge is 0.158 e. The molecule has 0 amide bonds. The van der Waals surface area contributed by atoms with Gasteiger partial charge in [0.15, 0.2) is 5.78 Å². The molecule has 1 aromatic carbocycles. The van der Waals surface area contributed by atoms with Gasteiger partial charge in [0.25, 0.3) is 0 Å². The SMILES string of the molecule is CCCCCCCCCCCCCCC/C=C/C(=O)CCOc1ccc(O)cc1. The first-order valence-corrected chi connectivity index (χ1v) is 11.8. The molecular formula is C26H42O3. The lowest BCUT2D eigenvalue weighted by Crippen LogP contribution is -2.03. The molecule has 0 aromatic heterocycles. The minimum Gasteiger partial charge on any atom is -0.508 e. The maximum atomic E-state index is 11.8. The van der Waals surface area contributed by atoms with Crippen molar-refractivity contribution in [2.24, 2.45) is 0 Å². The topological polar surface area (TPSA) is 46.5 Å². The molecule has 0 unspecified atom stereocenters. The van der Waals surface area contributed by atoms with Crippen molar-refractivity contribution in [1.82, 2.24) is 0 Å². The van der Waals surface area contributed by atoms with Crippen LogP contribution in [-0.2, 0) is 4.79 Å². The zero-order chi connectivity index (χ0) is 21.0. The Balaban J connectivity index is 1.84. The minimum atomic E-state index is 0.110. The van der Waals surface area contributed by atoms with Gasteiger partial charge in [-0.2, -0.15) is 0 Å². The number of phenolic OH excluding ortho intramolecular Hbond substituents is 1. The highest BCUT2D eigenvalue weighted by Crippen LogP contribution is 2.16. The summed E-state index contributed by atoms with van der Waals surface area (Å²) in [7, 11) is 0. The van der Waals surface area contributed by atoms with Crippen LogP contribution in [0.2, 0.25) is 0 Å². The number of ether oxygens (including phenoxy) is 1. The Morgan fingerprint density at radius 2 is 1.34 bits per heavy atom. The normalized spacial score (nSPS) is 11.2. The number of carbonyl (C=O) groups excluding carboxylic acids is 1. The molecule has 1 aromatic rings. The van der Waals surface area contributed by atoms with Gasteiger partial charge in [-0.3, -0.25) is 4.79 Å². The molecule has 0 saturated carbocycles. The highest BCUT2D eigenvalue weighted by Gasteiger charge is 1.99. The van der Waals surface area contributed by atoms with Crippen molar-refractivity contribution in [1.29, 1.82) is 0 Å². The molecule has 0 bridgehead atoms. The molecule has 0 heterocycles. The molecule has 3 heteroatoms. The summed E-state index contributed by atoms with van der Waals surface area (Å²) in [6.07, 6.45) is 22.8. The number of unbranched alkanes of at least 4 members (excludes halogenated alkanes) is 13. The number of allylic oxidation sites excluding steroid dienone is 2. The van der Waals surface area contributed by atoms with Crippen molar-refractivity contribution < 1.29 is 14.6 Å². The number of phenols is 1. The molecule has 1 N–H and O–H groups in total. The summed E-state index contributed by atoms with van der Waals surface area (Å²) in [6, 6.07) is 6.55. The van der Waals surface area contributed by atoms with Crippen LogP contribution in [0.1, 0.15) is 103 Å². The van der Waals surface area contributed by atoms with Crippen LogP contribution in [0.25, 0.3) is 0 Å². The van der Waals surface area contributed by atoms with Crippen molar-refractivity contribution >= 4 is 5.78 Å². The van der Waals surface area contributed by atoms with E-state index in [0.29, 0.717) is 18.8 Å². The van der Waals surface area contributed by atoms with E-state index in [0.717, 1.165) is 6.42 Å². The van der Waals surface area contributed by atoms with Crippen LogP contribution in [0.3, 0.4) is 0 Å². The number of hydrogen-bond donors (Lipinski definition) is 1. The quantitative estimate of drug-likeness (QED) is 0.190. The monoisotopic (exact) mass is 402 g/mol. The Morgan fingerprint density at radius 3 is 1.90 bits per heavy atom. The number of aromatic hydroxyl groups is 1. The number of hydrogen-bond acceptors (Lipinski definition) is 3. The second kappa shape index (κ2) is 18.3. The molecule has 3 nitrogen and oxygen atoms in total. The van der Waals surface area contributed by atoms with E-state index in [4.69, 9.17) is 4.74 Å². The van der Waals surface area contributed by atoms with Gasteiger partial charge in [0.05, 0.1) is 6.61 Å². The molecule has 164 valence electrons. The number of carbonyl (C=O) groups is 1. The summed E-state index contributed by atoms with van der Waals surface area (Å²) in [5, 5.41) is 9.21. The van der Waals surface area contributed by atoms with Crippen molar-refractivity contribution in [2.45, 2.75) is 103 Å². The van der Waals surface area contributed by atoms with Crippen molar-refractivity contribution in [3.63, 3.8) is 0 Å². The highest BCUT2D eigenvalue weighted by molar-refractivity contribution is 5.89. The Bertz CT molecular complexity index is 533. The summed E-state index contributed by atoms with van der Waals surface area (Å²) >= 11 is 0. The molecule has 0 aliphatic heterocycles. The van der Waals surface area contributed by atoms with E-state index in [1.54, 1.807) is 30.3 Å². The van der Waals surface area contributed by atoms with Gasteiger partial charge < -0.3 is 9.84 Å². The summed E-state index contributed by atoms with van der Waals surface area (Å²) in [4.78, 5) is 11.8. The van der Waals surface area contributed by atoms with Gasteiger partial charge in [0, 0.05) is 6.42 Å². The van der Waals surface area contributed by atoms with Gasteiger partial charge in [0.2, 0.25) is 0 Å². The third-order valence-electron chi connectivity index (χ3n) is 5.23. The fourth-order valence-electron chi connectivity index (χ4n) is 3.39. The Morgan fingerprint density at radius 1 is 0.828 bits per heavy atom. The maximum absolute atomic E-state index is 11.8. The molecule has 0 radical (unpaired) electrons. The zero-order valence-electron chi connectivity index (χ0n) is 18.5. The predicted molar refractivity (Wildman–Crippen MR) is 123 cm³/mol. The van der Waals surface area contributed by atoms with Gasteiger partial charge in [-0.05, 0) is 43.2 Å². The van der Waals surface area contributed by atoms with Crippen molar-refractivity contribution in [3.05, 3.63) is 36.4 Å². The first-order valence-electron chi connectivity index (χ1n) is 11.8. The Kier molecular flexibility index (Phi) is 15.9. The third-order valence-corrected chi connectivity index (χ3v) is 5.23. The van der Waals surface area contributed by atoms with Gasteiger partial charge in [-0.25, -0.2) is 0 Å². The van der Waals surface area contributed by atoms with Crippen LogP contribution < -0.4 is 4.74 Å². The Hall–Kier alpha value is -1.77. The maximum Gasteiger partial charge on any atom is 0.158 e. The van der Waals surface area contributed by atoms with E-state index in [-0.39, 0.29) is 11.5 Å². The molecular weight excluding hydrogens is 360 g/mol. The molecule has 0 spiro atoms. The van der Waals surface area contributed by atoms with Gasteiger partial charge in [-0.15, -0.1) is 0 Å². The highest BCUT2D eigenvalue weighted by atomic mass is 16.5. The van der Waals surface area contributed by atoms with Crippen molar-refractivity contribution in [3.8, 4) is 11.5 Å². The summed E-state index contributed by atoms with van der Waals surface area (Å²) < 4.78 is 5.49. The average molecular weight is 403 g/mol. The lowest BCUT2D eigenvalue weighted by atomic mass is 10.0. The number of rotatable bonds is 19. The predicted octanol–water partition coefficient (Wildman–Crippen LogP) is 7.77.